The van der Waals surface area contributed by atoms with Gasteiger partial charge in [0, 0.05) is 37.3 Å². The van der Waals surface area contributed by atoms with E-state index >= 15 is 0 Å². The molecule has 2 aromatic heterocycles. The number of H-pyrrole nitrogens is 1. The molecule has 9 heteroatoms. The number of pyridine rings is 1. The summed E-state index contributed by atoms with van der Waals surface area (Å²) in [6, 6.07) is 7.34. The minimum absolute atomic E-state index is 0.242. The average Bonchev–Trinajstić information content (AvgIpc) is 3.31. The van der Waals surface area contributed by atoms with Gasteiger partial charge in [-0.15, -0.1) is 0 Å². The third-order valence-corrected chi connectivity index (χ3v) is 6.14. The number of amides is 2. The summed E-state index contributed by atoms with van der Waals surface area (Å²) < 4.78 is 11.2. The topological polar surface area (TPSA) is 118 Å². The Morgan fingerprint density at radius 1 is 1.12 bits per heavy atom. The maximum Gasteiger partial charge on any atom is 0.272 e. The number of carbonyl (C=O) groups is 2. The first-order chi connectivity index (χ1) is 16.6. The molecule has 2 heterocycles. The van der Waals surface area contributed by atoms with E-state index in [1.54, 1.807) is 19.3 Å². The number of rotatable bonds is 9. The highest BCUT2D eigenvalue weighted by Gasteiger charge is 2.17. The van der Waals surface area contributed by atoms with Gasteiger partial charge in [0.15, 0.2) is 5.69 Å². The average molecular weight is 466 g/mol. The normalized spacial score (nSPS) is 14.2. The Morgan fingerprint density at radius 3 is 2.71 bits per heavy atom. The van der Waals surface area contributed by atoms with Crippen LogP contribution in [0.1, 0.15) is 59.4 Å². The molecule has 0 atom stereocenters. The Labute approximate surface area is 198 Å². The zero-order valence-electron chi connectivity index (χ0n) is 19.6. The summed E-state index contributed by atoms with van der Waals surface area (Å²) in [5.41, 5.74) is 3.01. The molecule has 3 N–H and O–H groups in total. The van der Waals surface area contributed by atoms with Crippen molar-refractivity contribution in [1.82, 2.24) is 25.8 Å². The molecule has 0 saturated heterocycles. The molecule has 1 saturated carbocycles. The molecule has 1 aliphatic carbocycles. The Hall–Kier alpha value is -3.46. The van der Waals surface area contributed by atoms with Gasteiger partial charge in [-0.25, -0.2) is 4.98 Å². The molecule has 2 amide bonds. The number of hydrogen-bond donors (Lipinski definition) is 3. The number of aromatic nitrogens is 3. The minimum Gasteiger partial charge on any atom is -0.480 e. The molecule has 180 valence electrons. The van der Waals surface area contributed by atoms with E-state index in [0.29, 0.717) is 30.5 Å². The highest BCUT2D eigenvalue weighted by Crippen LogP contribution is 2.28. The molecule has 4 rings (SSSR count). The molecule has 1 aliphatic rings. The van der Waals surface area contributed by atoms with Gasteiger partial charge in [0.25, 0.3) is 11.8 Å². The van der Waals surface area contributed by atoms with Crippen molar-refractivity contribution in [2.24, 2.45) is 0 Å². The summed E-state index contributed by atoms with van der Waals surface area (Å²) in [5.74, 6) is -0.231. The highest BCUT2D eigenvalue weighted by atomic mass is 16.5. The maximum atomic E-state index is 12.9. The first-order valence-corrected chi connectivity index (χ1v) is 11.7. The lowest BCUT2D eigenvalue weighted by Crippen LogP contribution is -2.27. The molecule has 0 bridgehead atoms. The molecule has 3 aromatic rings. The van der Waals surface area contributed by atoms with Crippen molar-refractivity contribution in [2.75, 3.05) is 27.3 Å². The lowest BCUT2D eigenvalue weighted by atomic mass is 9.98. The molecular formula is C25H31N5O4. The Morgan fingerprint density at radius 2 is 1.94 bits per heavy atom. The zero-order chi connectivity index (χ0) is 23.9. The summed E-state index contributed by atoms with van der Waals surface area (Å²) in [4.78, 5) is 29.2. The third kappa shape index (κ3) is 5.36. The van der Waals surface area contributed by atoms with Crippen molar-refractivity contribution >= 4 is 22.7 Å². The van der Waals surface area contributed by atoms with E-state index in [4.69, 9.17) is 9.47 Å². The fourth-order valence-corrected chi connectivity index (χ4v) is 4.28. The number of aromatic amines is 1. The van der Waals surface area contributed by atoms with Crippen LogP contribution in [0.2, 0.25) is 0 Å². The smallest absolute Gasteiger partial charge is 0.272 e. The van der Waals surface area contributed by atoms with Crippen LogP contribution in [-0.4, -0.2) is 60.4 Å². The van der Waals surface area contributed by atoms with Crippen molar-refractivity contribution in [1.29, 1.82) is 0 Å². The van der Waals surface area contributed by atoms with Crippen molar-refractivity contribution in [3.63, 3.8) is 0 Å². The number of fused-ring (bicyclic) bond motifs is 1. The molecule has 0 unspecified atom stereocenters. The molecule has 0 aliphatic heterocycles. The van der Waals surface area contributed by atoms with Crippen LogP contribution in [0.25, 0.3) is 22.0 Å². The highest BCUT2D eigenvalue weighted by molar-refractivity contribution is 6.05. The monoisotopic (exact) mass is 465 g/mol. The molecule has 9 nitrogen and oxygen atoms in total. The van der Waals surface area contributed by atoms with Crippen LogP contribution >= 0.6 is 0 Å². The molecule has 0 spiro atoms. The Balaban J connectivity index is 1.42. The van der Waals surface area contributed by atoms with E-state index in [1.807, 2.05) is 18.2 Å². The van der Waals surface area contributed by atoms with Crippen LogP contribution in [-0.2, 0) is 4.74 Å². The number of methoxy groups -OCH3 is 1. The van der Waals surface area contributed by atoms with Crippen molar-refractivity contribution < 1.29 is 19.1 Å². The summed E-state index contributed by atoms with van der Waals surface area (Å²) in [7, 11) is 3.06. The van der Waals surface area contributed by atoms with Crippen molar-refractivity contribution in [3.05, 3.63) is 41.7 Å². The van der Waals surface area contributed by atoms with E-state index in [1.165, 1.54) is 26.4 Å². The number of hydrogen-bond acceptors (Lipinski definition) is 6. The number of benzene rings is 1. The van der Waals surface area contributed by atoms with Gasteiger partial charge in [0.1, 0.15) is 5.56 Å². The summed E-state index contributed by atoms with van der Waals surface area (Å²) >= 11 is 0. The molecular weight excluding hydrogens is 434 g/mol. The van der Waals surface area contributed by atoms with Crippen LogP contribution in [0.5, 0.6) is 5.88 Å². The van der Waals surface area contributed by atoms with Gasteiger partial charge in [-0.05, 0) is 43.0 Å². The van der Waals surface area contributed by atoms with E-state index in [9.17, 15) is 9.59 Å². The van der Waals surface area contributed by atoms with Gasteiger partial charge in [-0.1, -0.05) is 25.3 Å². The number of nitrogens with one attached hydrogen (secondary N) is 3. The Bertz CT molecular complexity index is 1150. The fraction of sp³-hybridized carbons (Fsp3) is 0.440. The lowest BCUT2D eigenvalue weighted by Gasteiger charge is -2.21. The van der Waals surface area contributed by atoms with Gasteiger partial charge in [0.2, 0.25) is 5.88 Å². The van der Waals surface area contributed by atoms with Crippen LogP contribution in [0.3, 0.4) is 0 Å². The fourth-order valence-electron chi connectivity index (χ4n) is 4.28. The predicted molar refractivity (Wildman–Crippen MR) is 129 cm³/mol. The minimum atomic E-state index is -0.256. The van der Waals surface area contributed by atoms with E-state index in [2.05, 4.69) is 25.8 Å². The number of ether oxygens (including phenoxy) is 2. The largest absolute Gasteiger partial charge is 0.480 e. The predicted octanol–water partition coefficient (Wildman–Crippen LogP) is 3.46. The summed E-state index contributed by atoms with van der Waals surface area (Å²) in [6.45, 7) is 1.16. The van der Waals surface area contributed by atoms with E-state index in [0.717, 1.165) is 41.3 Å². The molecule has 0 radical (unpaired) electrons. The van der Waals surface area contributed by atoms with Crippen LogP contribution in [0, 0.1) is 0 Å². The van der Waals surface area contributed by atoms with Crippen LogP contribution < -0.4 is 15.4 Å². The van der Waals surface area contributed by atoms with Crippen molar-refractivity contribution in [2.45, 2.75) is 44.6 Å². The summed E-state index contributed by atoms with van der Waals surface area (Å²) in [6.07, 6.45) is 8.84. The van der Waals surface area contributed by atoms with Gasteiger partial charge in [-0.2, -0.15) is 5.10 Å². The van der Waals surface area contributed by atoms with E-state index < -0.39 is 0 Å². The zero-order valence-corrected chi connectivity index (χ0v) is 19.6. The van der Waals surface area contributed by atoms with Crippen LogP contribution in [0.4, 0.5) is 0 Å². The lowest BCUT2D eigenvalue weighted by molar-refractivity contribution is 0.0273. The van der Waals surface area contributed by atoms with Gasteiger partial charge >= 0.3 is 0 Å². The number of nitrogens with zero attached hydrogens (tertiary/aromatic N) is 2. The molecule has 1 fully saturated rings. The SMILES string of the molecule is CNC(=O)c1n[nH]c2cc(-c3cnc(OC)c(C(=O)NCCCOC4CCCCC4)c3)ccc12. The maximum absolute atomic E-state index is 12.9. The second kappa shape index (κ2) is 11.1. The first-order valence-electron chi connectivity index (χ1n) is 11.7. The quantitative estimate of drug-likeness (QED) is 0.417. The molecule has 34 heavy (non-hydrogen) atoms. The van der Waals surface area contributed by atoms with Gasteiger partial charge < -0.3 is 20.1 Å². The van der Waals surface area contributed by atoms with E-state index in [-0.39, 0.29) is 17.7 Å². The second-order valence-electron chi connectivity index (χ2n) is 8.43. The second-order valence-corrected chi connectivity index (χ2v) is 8.43. The standard InChI is InChI=1S/C25H31N5O4/c1-26-24(32)22-19-10-9-16(14-21(19)29-30-22)17-13-20(25(33-2)28-15-17)23(31)27-11-6-12-34-18-7-4-3-5-8-18/h9-10,13-15,18H,3-8,11-12H2,1-2H3,(H,26,32)(H,27,31)(H,29,30). The number of carbonyl (C=O) groups excluding carboxylic acids is 2. The van der Waals surface area contributed by atoms with Gasteiger partial charge in [0.05, 0.1) is 18.7 Å². The third-order valence-electron chi connectivity index (χ3n) is 6.14. The molecule has 1 aromatic carbocycles. The van der Waals surface area contributed by atoms with Crippen molar-refractivity contribution in [3.8, 4) is 17.0 Å². The summed E-state index contributed by atoms with van der Waals surface area (Å²) in [5, 5.41) is 13.2. The first kappa shape index (κ1) is 23.7. The van der Waals surface area contributed by atoms with Crippen LogP contribution in [0.15, 0.2) is 30.5 Å². The van der Waals surface area contributed by atoms with Gasteiger partial charge in [-0.3, -0.25) is 14.7 Å². The Kier molecular flexibility index (Phi) is 7.74.